The van der Waals surface area contributed by atoms with Gasteiger partial charge in [0.2, 0.25) is 0 Å². The second kappa shape index (κ2) is 8.47. The van der Waals surface area contributed by atoms with E-state index in [4.69, 9.17) is 4.42 Å². The second-order valence-electron chi connectivity index (χ2n) is 10.2. The van der Waals surface area contributed by atoms with Crippen molar-refractivity contribution < 1.29 is 4.42 Å². The van der Waals surface area contributed by atoms with E-state index < -0.39 is 0 Å². The molecule has 7 aromatic rings. The van der Waals surface area contributed by atoms with Crippen molar-refractivity contribution in [1.29, 1.82) is 0 Å². The standard InChI is InChI=1S/C37H25NO/c1-2-10-25(11-3-1)37(33-15-7-4-12-29(33)30-13-5-8-16-34(30)37)26-18-20-27(21-19-26)38-28-22-23-32-31-14-6-9-17-35(31)39-36(32)24-28/h1-24,38H. The smallest absolute Gasteiger partial charge is 0.137 e. The second-order valence-corrected chi connectivity index (χ2v) is 10.2. The van der Waals surface area contributed by atoms with Crippen LogP contribution in [0, 0.1) is 0 Å². The van der Waals surface area contributed by atoms with E-state index in [2.05, 4.69) is 133 Å². The molecule has 0 saturated carbocycles. The number of nitrogens with one attached hydrogen (secondary N) is 1. The van der Waals surface area contributed by atoms with E-state index >= 15 is 0 Å². The van der Waals surface area contributed by atoms with Gasteiger partial charge >= 0.3 is 0 Å². The maximum absolute atomic E-state index is 6.11. The van der Waals surface area contributed by atoms with Gasteiger partial charge in [-0.15, -0.1) is 0 Å². The van der Waals surface area contributed by atoms with Crippen LogP contribution in [0.4, 0.5) is 11.4 Å². The molecule has 1 aromatic heterocycles. The highest BCUT2D eigenvalue weighted by molar-refractivity contribution is 6.05. The molecule has 0 spiro atoms. The Balaban J connectivity index is 1.23. The van der Waals surface area contributed by atoms with Crippen molar-refractivity contribution in [3.05, 3.63) is 168 Å². The third-order valence-corrected chi connectivity index (χ3v) is 8.14. The van der Waals surface area contributed by atoms with Crippen LogP contribution in [-0.4, -0.2) is 0 Å². The maximum Gasteiger partial charge on any atom is 0.137 e. The lowest BCUT2D eigenvalue weighted by Gasteiger charge is -2.34. The van der Waals surface area contributed by atoms with Crippen molar-refractivity contribution in [2.75, 3.05) is 5.32 Å². The first kappa shape index (κ1) is 22.0. The average Bonchev–Trinajstić information content (AvgIpc) is 3.52. The zero-order valence-electron chi connectivity index (χ0n) is 21.3. The van der Waals surface area contributed by atoms with Crippen molar-refractivity contribution in [1.82, 2.24) is 0 Å². The first-order chi connectivity index (χ1) is 19.3. The minimum Gasteiger partial charge on any atom is -0.456 e. The fourth-order valence-electron chi connectivity index (χ4n) is 6.49. The van der Waals surface area contributed by atoms with Crippen LogP contribution in [0.3, 0.4) is 0 Å². The molecular formula is C37H25NO. The third kappa shape index (κ3) is 3.22. The topological polar surface area (TPSA) is 25.2 Å². The summed E-state index contributed by atoms with van der Waals surface area (Å²) >= 11 is 0. The van der Waals surface area contributed by atoms with Gasteiger partial charge in [-0.1, -0.05) is 109 Å². The molecule has 0 atom stereocenters. The summed E-state index contributed by atoms with van der Waals surface area (Å²) in [5, 5.41) is 5.87. The summed E-state index contributed by atoms with van der Waals surface area (Å²) in [6, 6.07) is 52.0. The largest absolute Gasteiger partial charge is 0.456 e. The number of rotatable bonds is 4. The average molecular weight is 500 g/mol. The van der Waals surface area contributed by atoms with Crippen molar-refractivity contribution >= 4 is 33.3 Å². The van der Waals surface area contributed by atoms with E-state index in [0.29, 0.717) is 0 Å². The predicted octanol–water partition coefficient (Wildman–Crippen LogP) is 9.69. The zero-order chi connectivity index (χ0) is 25.8. The molecule has 0 aliphatic heterocycles. The van der Waals surface area contributed by atoms with E-state index in [0.717, 1.165) is 33.3 Å². The Morgan fingerprint density at radius 2 is 1.00 bits per heavy atom. The number of benzene rings is 6. The van der Waals surface area contributed by atoms with E-state index in [1.165, 1.54) is 33.4 Å². The molecule has 39 heavy (non-hydrogen) atoms. The first-order valence-corrected chi connectivity index (χ1v) is 13.4. The van der Waals surface area contributed by atoms with Gasteiger partial charge in [0.1, 0.15) is 11.2 Å². The molecular weight excluding hydrogens is 474 g/mol. The molecule has 0 radical (unpaired) electrons. The number of fused-ring (bicyclic) bond motifs is 6. The molecule has 2 heteroatoms. The van der Waals surface area contributed by atoms with Gasteiger partial charge in [-0.05, 0) is 63.7 Å². The Bertz CT molecular complexity index is 1940. The van der Waals surface area contributed by atoms with E-state index in [1.54, 1.807) is 0 Å². The Morgan fingerprint density at radius 1 is 0.436 bits per heavy atom. The van der Waals surface area contributed by atoms with Gasteiger partial charge in [-0.25, -0.2) is 0 Å². The van der Waals surface area contributed by atoms with Crippen LogP contribution in [0.15, 0.2) is 150 Å². The number of anilines is 2. The van der Waals surface area contributed by atoms with Gasteiger partial charge in [-0.2, -0.15) is 0 Å². The van der Waals surface area contributed by atoms with Crippen LogP contribution in [0.2, 0.25) is 0 Å². The van der Waals surface area contributed by atoms with Crippen molar-refractivity contribution in [3.63, 3.8) is 0 Å². The van der Waals surface area contributed by atoms with Gasteiger partial charge in [0.05, 0.1) is 5.41 Å². The van der Waals surface area contributed by atoms with Gasteiger partial charge < -0.3 is 9.73 Å². The highest BCUT2D eigenvalue weighted by Crippen LogP contribution is 2.55. The Morgan fingerprint density at radius 3 is 1.74 bits per heavy atom. The molecule has 2 nitrogen and oxygen atoms in total. The highest BCUT2D eigenvalue weighted by atomic mass is 16.3. The van der Waals surface area contributed by atoms with Crippen molar-refractivity contribution in [2.45, 2.75) is 5.41 Å². The SMILES string of the molecule is c1ccc(C2(c3ccc(Nc4ccc5c(c4)oc4ccccc45)cc3)c3ccccc3-c3ccccc32)cc1. The first-order valence-electron chi connectivity index (χ1n) is 13.4. The van der Waals surface area contributed by atoms with Crippen LogP contribution in [0.5, 0.6) is 0 Å². The zero-order valence-corrected chi connectivity index (χ0v) is 21.3. The number of furan rings is 1. The number of para-hydroxylation sites is 1. The Kier molecular flexibility index (Phi) is 4.77. The molecule has 0 amide bonds. The molecule has 6 aromatic carbocycles. The summed E-state index contributed by atoms with van der Waals surface area (Å²) in [6.07, 6.45) is 0. The molecule has 1 N–H and O–H groups in total. The lowest BCUT2D eigenvalue weighted by molar-refractivity contribution is 0.669. The van der Waals surface area contributed by atoms with Crippen molar-refractivity contribution in [2.24, 2.45) is 0 Å². The third-order valence-electron chi connectivity index (χ3n) is 8.14. The summed E-state index contributed by atoms with van der Waals surface area (Å²) in [4.78, 5) is 0. The van der Waals surface area contributed by atoms with Crippen LogP contribution in [0.25, 0.3) is 33.1 Å². The highest BCUT2D eigenvalue weighted by Gasteiger charge is 2.45. The molecule has 0 fully saturated rings. The summed E-state index contributed by atoms with van der Waals surface area (Å²) in [7, 11) is 0. The summed E-state index contributed by atoms with van der Waals surface area (Å²) in [5.74, 6) is 0. The monoisotopic (exact) mass is 499 g/mol. The van der Waals surface area contributed by atoms with E-state index in [-0.39, 0.29) is 5.41 Å². The number of hydrogen-bond acceptors (Lipinski definition) is 2. The van der Waals surface area contributed by atoms with Gasteiger partial charge in [0.15, 0.2) is 0 Å². The molecule has 0 saturated heterocycles. The number of hydrogen-bond donors (Lipinski definition) is 1. The minimum absolute atomic E-state index is 0.375. The summed E-state index contributed by atoms with van der Waals surface area (Å²) in [6.45, 7) is 0. The molecule has 184 valence electrons. The fourth-order valence-corrected chi connectivity index (χ4v) is 6.49. The summed E-state index contributed by atoms with van der Waals surface area (Å²) < 4.78 is 6.11. The fraction of sp³-hybridized carbons (Fsp3) is 0.0270. The lowest BCUT2D eigenvalue weighted by Crippen LogP contribution is -2.28. The van der Waals surface area contributed by atoms with Crippen LogP contribution < -0.4 is 5.32 Å². The van der Waals surface area contributed by atoms with Gasteiger partial charge in [-0.3, -0.25) is 0 Å². The van der Waals surface area contributed by atoms with Crippen LogP contribution >= 0.6 is 0 Å². The Hall–Kier alpha value is -5.08. The molecule has 8 rings (SSSR count). The predicted molar refractivity (Wildman–Crippen MR) is 161 cm³/mol. The quantitative estimate of drug-likeness (QED) is 0.261. The van der Waals surface area contributed by atoms with Crippen LogP contribution in [0.1, 0.15) is 22.3 Å². The lowest BCUT2D eigenvalue weighted by atomic mass is 9.68. The molecule has 0 bridgehead atoms. The summed E-state index contributed by atoms with van der Waals surface area (Å²) in [5.41, 5.74) is 11.3. The molecule has 1 aliphatic carbocycles. The Labute approximate surface area is 227 Å². The molecule has 1 heterocycles. The van der Waals surface area contributed by atoms with E-state index in [9.17, 15) is 0 Å². The van der Waals surface area contributed by atoms with Gasteiger partial charge in [0.25, 0.3) is 0 Å². The molecule has 1 aliphatic rings. The normalized spacial score (nSPS) is 13.3. The van der Waals surface area contributed by atoms with Crippen molar-refractivity contribution in [3.8, 4) is 11.1 Å². The van der Waals surface area contributed by atoms with Crippen LogP contribution in [-0.2, 0) is 5.41 Å². The van der Waals surface area contributed by atoms with E-state index in [1.807, 2.05) is 18.2 Å². The minimum atomic E-state index is -0.375. The molecule has 0 unspecified atom stereocenters. The maximum atomic E-state index is 6.11. The van der Waals surface area contributed by atoms with Gasteiger partial charge in [0, 0.05) is 28.2 Å².